The fraction of sp³-hybridized carbons (Fsp3) is 0.471. The predicted octanol–water partition coefficient (Wildman–Crippen LogP) is 3.75. The van der Waals surface area contributed by atoms with E-state index in [1.54, 1.807) is 0 Å². The third-order valence-corrected chi connectivity index (χ3v) is 4.19. The Labute approximate surface area is 140 Å². The van der Waals surface area contributed by atoms with E-state index in [1.807, 2.05) is 37.1 Å². The SMILES string of the molecule is CC.O=C(CCc1c[nH]c2ccc(Br)cc12)N1CCOCC1. The second-order valence-corrected chi connectivity index (χ2v) is 5.91. The quantitative estimate of drug-likeness (QED) is 0.898. The van der Waals surface area contributed by atoms with Crippen LogP contribution < -0.4 is 0 Å². The first-order valence-corrected chi connectivity index (χ1v) is 8.64. The van der Waals surface area contributed by atoms with Crippen molar-refractivity contribution < 1.29 is 9.53 Å². The van der Waals surface area contributed by atoms with Gasteiger partial charge in [-0.25, -0.2) is 0 Å². The molecule has 2 aromatic rings. The molecule has 1 fully saturated rings. The van der Waals surface area contributed by atoms with Crippen LogP contribution in [0.2, 0.25) is 0 Å². The normalized spacial score (nSPS) is 14.6. The van der Waals surface area contributed by atoms with Crippen molar-refractivity contribution in [3.8, 4) is 0 Å². The molecule has 0 spiro atoms. The maximum absolute atomic E-state index is 12.1. The highest BCUT2D eigenvalue weighted by Crippen LogP contribution is 2.23. The molecule has 1 aliphatic rings. The summed E-state index contributed by atoms with van der Waals surface area (Å²) in [5, 5.41) is 1.19. The van der Waals surface area contributed by atoms with Gasteiger partial charge in [0.15, 0.2) is 0 Å². The Balaban J connectivity index is 0.000000847. The van der Waals surface area contributed by atoms with E-state index >= 15 is 0 Å². The number of carbonyl (C=O) groups is 1. The van der Waals surface area contributed by atoms with Gasteiger partial charge in [-0.05, 0) is 30.2 Å². The number of halogens is 1. The minimum Gasteiger partial charge on any atom is -0.378 e. The molecule has 0 saturated carbocycles. The highest BCUT2D eigenvalue weighted by molar-refractivity contribution is 9.10. The molecule has 1 amide bonds. The molecule has 0 atom stereocenters. The van der Waals surface area contributed by atoms with Crippen molar-refractivity contribution in [2.24, 2.45) is 0 Å². The first-order chi connectivity index (χ1) is 10.7. The zero-order valence-electron chi connectivity index (χ0n) is 13.2. The lowest BCUT2D eigenvalue weighted by molar-refractivity contribution is -0.135. The lowest BCUT2D eigenvalue weighted by Gasteiger charge is -2.26. The van der Waals surface area contributed by atoms with Gasteiger partial charge in [-0.1, -0.05) is 29.8 Å². The zero-order valence-corrected chi connectivity index (χ0v) is 14.8. The number of nitrogens with zero attached hydrogens (tertiary/aromatic N) is 1. The van der Waals surface area contributed by atoms with Gasteiger partial charge in [0.2, 0.25) is 5.91 Å². The van der Waals surface area contributed by atoms with Gasteiger partial charge >= 0.3 is 0 Å². The van der Waals surface area contributed by atoms with Crippen molar-refractivity contribution in [3.05, 3.63) is 34.4 Å². The average molecular weight is 367 g/mol. The number of rotatable bonds is 3. The van der Waals surface area contributed by atoms with Crippen molar-refractivity contribution in [2.45, 2.75) is 26.7 Å². The fourth-order valence-electron chi connectivity index (χ4n) is 2.57. The number of H-pyrrole nitrogens is 1. The third kappa shape index (κ3) is 4.11. The van der Waals surface area contributed by atoms with Crippen molar-refractivity contribution in [1.29, 1.82) is 0 Å². The van der Waals surface area contributed by atoms with Crippen molar-refractivity contribution in [2.75, 3.05) is 26.3 Å². The van der Waals surface area contributed by atoms with E-state index < -0.39 is 0 Å². The molecule has 3 rings (SSSR count). The Bertz CT molecular complexity index is 618. The Morgan fingerprint density at radius 3 is 2.77 bits per heavy atom. The number of aryl methyl sites for hydroxylation is 1. The highest BCUT2D eigenvalue weighted by atomic mass is 79.9. The standard InChI is InChI=1S/C15H17BrN2O2.C2H6/c16-12-2-3-14-13(9-12)11(10-17-14)1-4-15(19)18-5-7-20-8-6-18;1-2/h2-3,9-10,17H,1,4-8H2;1-2H3. The number of ether oxygens (including phenoxy) is 1. The van der Waals surface area contributed by atoms with Gasteiger partial charge < -0.3 is 14.6 Å². The van der Waals surface area contributed by atoms with Crippen LogP contribution in [-0.4, -0.2) is 42.1 Å². The van der Waals surface area contributed by atoms with Crippen LogP contribution in [0.15, 0.2) is 28.9 Å². The van der Waals surface area contributed by atoms with E-state index in [1.165, 1.54) is 10.9 Å². The molecule has 0 bridgehead atoms. The number of nitrogens with one attached hydrogen (secondary N) is 1. The molecule has 1 saturated heterocycles. The van der Waals surface area contributed by atoms with Crippen molar-refractivity contribution in [1.82, 2.24) is 9.88 Å². The summed E-state index contributed by atoms with van der Waals surface area (Å²) in [5.41, 5.74) is 2.31. The number of aromatic amines is 1. The van der Waals surface area contributed by atoms with Crippen LogP contribution in [0.5, 0.6) is 0 Å². The van der Waals surface area contributed by atoms with E-state index in [9.17, 15) is 4.79 Å². The number of aromatic nitrogens is 1. The third-order valence-electron chi connectivity index (χ3n) is 3.70. The molecule has 1 aliphatic heterocycles. The van der Waals surface area contributed by atoms with E-state index in [0.29, 0.717) is 19.6 Å². The number of morpholine rings is 1. The lowest BCUT2D eigenvalue weighted by atomic mass is 10.1. The van der Waals surface area contributed by atoms with Crippen LogP contribution in [0.1, 0.15) is 25.8 Å². The van der Waals surface area contributed by atoms with Crippen LogP contribution in [-0.2, 0) is 16.0 Å². The Morgan fingerprint density at radius 1 is 1.32 bits per heavy atom. The summed E-state index contributed by atoms with van der Waals surface area (Å²) < 4.78 is 6.33. The molecule has 120 valence electrons. The molecule has 5 heteroatoms. The van der Waals surface area contributed by atoms with Crippen molar-refractivity contribution >= 4 is 32.7 Å². The molecular formula is C17H23BrN2O2. The number of amides is 1. The first kappa shape index (κ1) is 17.0. The average Bonchev–Trinajstić information content (AvgIpc) is 2.97. The summed E-state index contributed by atoms with van der Waals surface area (Å²) in [7, 11) is 0. The summed E-state index contributed by atoms with van der Waals surface area (Å²) in [6.45, 7) is 6.76. The summed E-state index contributed by atoms with van der Waals surface area (Å²) >= 11 is 3.49. The monoisotopic (exact) mass is 366 g/mol. The number of benzene rings is 1. The highest BCUT2D eigenvalue weighted by Gasteiger charge is 2.17. The Hall–Kier alpha value is -1.33. The van der Waals surface area contributed by atoms with Gasteiger partial charge in [0, 0.05) is 41.1 Å². The van der Waals surface area contributed by atoms with Gasteiger partial charge in [0.05, 0.1) is 13.2 Å². The van der Waals surface area contributed by atoms with Gasteiger partial charge in [0.25, 0.3) is 0 Å². The smallest absolute Gasteiger partial charge is 0.223 e. The van der Waals surface area contributed by atoms with Crippen LogP contribution in [0, 0.1) is 0 Å². The van der Waals surface area contributed by atoms with Crippen molar-refractivity contribution in [3.63, 3.8) is 0 Å². The lowest BCUT2D eigenvalue weighted by Crippen LogP contribution is -2.40. The number of fused-ring (bicyclic) bond motifs is 1. The number of hydrogen-bond acceptors (Lipinski definition) is 2. The second kappa shape index (κ2) is 8.34. The van der Waals surface area contributed by atoms with E-state index in [0.717, 1.165) is 29.5 Å². The first-order valence-electron chi connectivity index (χ1n) is 7.85. The fourth-order valence-corrected chi connectivity index (χ4v) is 2.93. The molecule has 1 aromatic carbocycles. The molecule has 1 N–H and O–H groups in total. The Kier molecular flexibility index (Phi) is 6.46. The largest absolute Gasteiger partial charge is 0.378 e. The minimum atomic E-state index is 0.220. The molecule has 0 aliphatic carbocycles. The summed E-state index contributed by atoms with van der Waals surface area (Å²) in [4.78, 5) is 17.3. The maximum Gasteiger partial charge on any atom is 0.223 e. The molecule has 4 nitrogen and oxygen atoms in total. The van der Waals surface area contributed by atoms with Crippen LogP contribution in [0.25, 0.3) is 10.9 Å². The van der Waals surface area contributed by atoms with Gasteiger partial charge in [0.1, 0.15) is 0 Å². The predicted molar refractivity (Wildman–Crippen MR) is 93.1 cm³/mol. The van der Waals surface area contributed by atoms with E-state index in [-0.39, 0.29) is 5.91 Å². The molecule has 2 heterocycles. The van der Waals surface area contributed by atoms with Crippen LogP contribution >= 0.6 is 15.9 Å². The topological polar surface area (TPSA) is 45.3 Å². The molecule has 1 aromatic heterocycles. The van der Waals surface area contributed by atoms with Gasteiger partial charge in [-0.2, -0.15) is 0 Å². The summed E-state index contributed by atoms with van der Waals surface area (Å²) in [6, 6.07) is 6.16. The van der Waals surface area contributed by atoms with E-state index in [4.69, 9.17) is 4.74 Å². The second-order valence-electron chi connectivity index (χ2n) is 5.00. The molecule has 22 heavy (non-hydrogen) atoms. The minimum absolute atomic E-state index is 0.220. The van der Waals surface area contributed by atoms with Gasteiger partial charge in [-0.3, -0.25) is 4.79 Å². The Morgan fingerprint density at radius 2 is 2.05 bits per heavy atom. The molecular weight excluding hydrogens is 344 g/mol. The summed E-state index contributed by atoms with van der Waals surface area (Å²) in [5.74, 6) is 0.220. The molecule has 0 unspecified atom stereocenters. The summed E-state index contributed by atoms with van der Waals surface area (Å²) in [6.07, 6.45) is 3.33. The maximum atomic E-state index is 12.1. The van der Waals surface area contributed by atoms with E-state index in [2.05, 4.69) is 27.0 Å². The van der Waals surface area contributed by atoms with Crippen LogP contribution in [0.3, 0.4) is 0 Å². The number of carbonyl (C=O) groups excluding carboxylic acids is 1. The van der Waals surface area contributed by atoms with Crippen LogP contribution in [0.4, 0.5) is 0 Å². The number of hydrogen-bond donors (Lipinski definition) is 1. The molecule has 0 radical (unpaired) electrons. The zero-order chi connectivity index (χ0) is 15.9. The van der Waals surface area contributed by atoms with Gasteiger partial charge in [-0.15, -0.1) is 0 Å².